The SMILES string of the molecule is CCOc1cc(O)c(C(=O)/C=C/c2ccc(F)cc2Cl)cc1CN1CCC[C@H]1CO[Si](c1ccccc1)(c1ccccc1)C(C)(C)C. The van der Waals surface area contributed by atoms with E-state index in [2.05, 4.69) is 86.3 Å². The number of likely N-dealkylation sites (tertiary alicyclic amines) is 1. The fraction of sp³-hybridized carbons (Fsp3) is 0.308. The van der Waals surface area contributed by atoms with Crippen molar-refractivity contribution in [2.75, 3.05) is 19.8 Å². The largest absolute Gasteiger partial charge is 0.507 e. The molecule has 0 saturated carbocycles. The Hall–Kier alpha value is -3.75. The quantitative estimate of drug-likeness (QED) is 0.0939. The summed E-state index contributed by atoms with van der Waals surface area (Å²) in [6, 6.07) is 28.7. The van der Waals surface area contributed by atoms with Crippen molar-refractivity contribution < 1.29 is 23.5 Å². The molecule has 246 valence electrons. The first-order valence-electron chi connectivity index (χ1n) is 16.2. The lowest BCUT2D eigenvalue weighted by atomic mass is 10.0. The topological polar surface area (TPSA) is 59.0 Å². The number of ether oxygens (including phenoxy) is 1. The number of phenolic OH excluding ortho intramolecular Hbond substituents is 1. The van der Waals surface area contributed by atoms with Crippen LogP contribution in [0.1, 0.15) is 62.0 Å². The monoisotopic (exact) mass is 671 g/mol. The van der Waals surface area contributed by atoms with Crippen molar-refractivity contribution in [3.05, 3.63) is 125 Å². The van der Waals surface area contributed by atoms with Crippen LogP contribution < -0.4 is 15.1 Å². The highest BCUT2D eigenvalue weighted by Gasteiger charge is 2.50. The Balaban J connectivity index is 1.41. The molecule has 0 radical (unpaired) electrons. The van der Waals surface area contributed by atoms with Crippen LogP contribution in [-0.2, 0) is 11.0 Å². The van der Waals surface area contributed by atoms with Crippen LogP contribution in [0.25, 0.3) is 6.08 Å². The highest BCUT2D eigenvalue weighted by atomic mass is 35.5. The number of ketones is 1. The van der Waals surface area contributed by atoms with E-state index in [1.807, 2.05) is 6.92 Å². The molecule has 8 heteroatoms. The van der Waals surface area contributed by atoms with Gasteiger partial charge in [-0.3, -0.25) is 9.69 Å². The Morgan fingerprint density at radius 2 is 1.68 bits per heavy atom. The number of hydrogen-bond acceptors (Lipinski definition) is 5. The zero-order chi connectivity index (χ0) is 33.6. The van der Waals surface area contributed by atoms with E-state index in [9.17, 15) is 14.3 Å². The lowest BCUT2D eigenvalue weighted by Crippen LogP contribution is -2.67. The molecule has 1 saturated heterocycles. The highest BCUT2D eigenvalue weighted by Crippen LogP contribution is 2.38. The molecule has 1 atom stereocenters. The van der Waals surface area contributed by atoms with Gasteiger partial charge in [0, 0.05) is 24.2 Å². The molecule has 5 rings (SSSR count). The zero-order valence-corrected chi connectivity index (χ0v) is 29.3. The van der Waals surface area contributed by atoms with E-state index >= 15 is 0 Å². The lowest BCUT2D eigenvalue weighted by Gasteiger charge is -2.44. The van der Waals surface area contributed by atoms with E-state index in [0.717, 1.165) is 24.9 Å². The third-order valence-electron chi connectivity index (χ3n) is 8.90. The second-order valence-corrected chi connectivity index (χ2v) is 17.7. The molecular weight excluding hydrogens is 629 g/mol. The van der Waals surface area contributed by atoms with Gasteiger partial charge in [-0.2, -0.15) is 0 Å². The molecule has 5 nitrogen and oxygen atoms in total. The predicted molar refractivity (Wildman–Crippen MR) is 191 cm³/mol. The molecule has 0 spiro atoms. The molecule has 1 aliphatic heterocycles. The van der Waals surface area contributed by atoms with Gasteiger partial charge in [-0.1, -0.05) is 99.1 Å². The average Bonchev–Trinajstić information content (AvgIpc) is 3.49. The molecule has 0 unspecified atom stereocenters. The maximum Gasteiger partial charge on any atom is 0.261 e. The second-order valence-electron chi connectivity index (χ2n) is 13.0. The van der Waals surface area contributed by atoms with E-state index in [1.165, 1.54) is 46.8 Å². The number of nitrogens with zero attached hydrogens (tertiary/aromatic N) is 1. The van der Waals surface area contributed by atoms with E-state index in [4.69, 9.17) is 20.8 Å². The summed E-state index contributed by atoms with van der Waals surface area (Å²) in [5.74, 6) is -0.458. The molecule has 47 heavy (non-hydrogen) atoms. The summed E-state index contributed by atoms with van der Waals surface area (Å²) in [6.45, 7) is 11.2. The first kappa shape index (κ1) is 34.6. The van der Waals surface area contributed by atoms with Crippen LogP contribution in [0.2, 0.25) is 10.1 Å². The van der Waals surface area contributed by atoms with E-state index in [1.54, 1.807) is 6.07 Å². The van der Waals surface area contributed by atoms with Gasteiger partial charge in [0.05, 0.1) is 23.8 Å². The number of aromatic hydroxyl groups is 1. The number of carbonyl (C=O) groups excluding carboxylic acids is 1. The fourth-order valence-electron chi connectivity index (χ4n) is 6.61. The molecule has 1 fully saturated rings. The van der Waals surface area contributed by atoms with Crippen LogP contribution in [0.5, 0.6) is 11.5 Å². The molecule has 0 bridgehead atoms. The summed E-state index contributed by atoms with van der Waals surface area (Å²) in [5.41, 5.74) is 1.49. The smallest absolute Gasteiger partial charge is 0.261 e. The number of hydrogen-bond donors (Lipinski definition) is 1. The van der Waals surface area contributed by atoms with Crippen LogP contribution in [0.3, 0.4) is 0 Å². The van der Waals surface area contributed by atoms with Gasteiger partial charge in [-0.15, -0.1) is 0 Å². The molecule has 0 amide bonds. The van der Waals surface area contributed by atoms with E-state index in [0.29, 0.717) is 31.1 Å². The Morgan fingerprint density at radius 1 is 1.02 bits per heavy atom. The van der Waals surface area contributed by atoms with Crippen molar-refractivity contribution in [2.24, 2.45) is 0 Å². The number of rotatable bonds is 12. The van der Waals surface area contributed by atoms with Crippen LogP contribution >= 0.6 is 11.6 Å². The first-order valence-corrected chi connectivity index (χ1v) is 18.5. The third-order valence-corrected chi connectivity index (χ3v) is 14.2. The number of halogens is 2. The summed E-state index contributed by atoms with van der Waals surface area (Å²) in [7, 11) is -2.70. The van der Waals surface area contributed by atoms with Gasteiger partial charge in [0.1, 0.15) is 17.3 Å². The van der Waals surface area contributed by atoms with Crippen molar-refractivity contribution in [3.63, 3.8) is 0 Å². The molecular formula is C39H43ClFNO4Si. The fourth-order valence-corrected chi connectivity index (χ4v) is 11.4. The van der Waals surface area contributed by atoms with Crippen LogP contribution in [-0.4, -0.2) is 49.9 Å². The average molecular weight is 672 g/mol. The summed E-state index contributed by atoms with van der Waals surface area (Å²) in [4.78, 5) is 15.7. The van der Waals surface area contributed by atoms with Crippen LogP contribution in [0, 0.1) is 5.82 Å². The maximum atomic E-state index is 13.5. The van der Waals surface area contributed by atoms with Crippen LogP contribution in [0.4, 0.5) is 4.39 Å². The molecule has 1 N–H and O–H groups in total. The normalized spacial score (nSPS) is 15.7. The summed E-state index contributed by atoms with van der Waals surface area (Å²) in [6.07, 6.45) is 4.89. The molecule has 0 aromatic heterocycles. The number of allylic oxidation sites excluding steroid dienone is 1. The summed E-state index contributed by atoms with van der Waals surface area (Å²) in [5, 5.41) is 13.4. The highest BCUT2D eigenvalue weighted by molar-refractivity contribution is 6.99. The van der Waals surface area contributed by atoms with Crippen molar-refractivity contribution in [3.8, 4) is 11.5 Å². The first-order chi connectivity index (χ1) is 22.5. The molecule has 0 aliphatic carbocycles. The summed E-state index contributed by atoms with van der Waals surface area (Å²) >= 11 is 6.15. The Labute approximate surface area is 283 Å². The molecule has 4 aromatic rings. The Kier molecular flexibility index (Phi) is 11.0. The maximum absolute atomic E-state index is 13.5. The number of benzene rings is 4. The van der Waals surface area contributed by atoms with E-state index < -0.39 is 14.1 Å². The Morgan fingerprint density at radius 3 is 2.28 bits per heavy atom. The Bertz CT molecular complexity index is 1670. The second kappa shape index (κ2) is 15.0. The van der Waals surface area contributed by atoms with Crippen molar-refractivity contribution >= 4 is 42.2 Å². The van der Waals surface area contributed by atoms with Gasteiger partial charge >= 0.3 is 0 Å². The minimum absolute atomic E-state index is 0.126. The molecule has 1 heterocycles. The number of phenols is 1. The van der Waals surface area contributed by atoms with Gasteiger partial charge in [-0.25, -0.2) is 4.39 Å². The van der Waals surface area contributed by atoms with Gasteiger partial charge < -0.3 is 14.3 Å². The van der Waals surface area contributed by atoms with Crippen molar-refractivity contribution in [2.45, 2.75) is 58.2 Å². The van der Waals surface area contributed by atoms with Gasteiger partial charge in [0.25, 0.3) is 8.32 Å². The lowest BCUT2D eigenvalue weighted by molar-refractivity contribution is 0.104. The van der Waals surface area contributed by atoms with E-state index in [-0.39, 0.29) is 33.2 Å². The van der Waals surface area contributed by atoms with Gasteiger partial charge in [-0.05, 0) is 77.6 Å². The third kappa shape index (κ3) is 7.70. The van der Waals surface area contributed by atoms with Gasteiger partial charge in [0.15, 0.2) is 5.78 Å². The predicted octanol–water partition coefficient (Wildman–Crippen LogP) is 8.02. The van der Waals surface area contributed by atoms with Gasteiger partial charge in [0.2, 0.25) is 0 Å². The molecule has 4 aromatic carbocycles. The van der Waals surface area contributed by atoms with Crippen LogP contribution in [0.15, 0.2) is 97.1 Å². The standard InChI is InChI=1S/C39H43ClFNO4Si/c1-5-45-38-25-37(44)34(36(43)21-19-28-18-20-30(41)24-35(28)40)23-29(38)26-42-22-12-13-31(42)27-46-47(39(2,3)4,32-14-8-6-9-15-32)33-16-10-7-11-17-33/h6-11,14-21,23-25,31,44H,5,12-13,22,26-27H2,1-4H3/b21-19+/t31-/m0/s1. The molecule has 1 aliphatic rings. The van der Waals surface area contributed by atoms with Crippen molar-refractivity contribution in [1.82, 2.24) is 4.90 Å². The minimum atomic E-state index is -2.70. The minimum Gasteiger partial charge on any atom is -0.507 e. The summed E-state index contributed by atoms with van der Waals surface area (Å²) < 4.78 is 26.7. The number of carbonyl (C=O) groups is 1. The zero-order valence-electron chi connectivity index (χ0n) is 27.5. The van der Waals surface area contributed by atoms with Crippen molar-refractivity contribution in [1.29, 1.82) is 0 Å².